The number of fused-ring (bicyclic) bond motifs is 2. The zero-order chi connectivity index (χ0) is 14.2. The van der Waals surface area contributed by atoms with Crippen LogP contribution in [0.2, 0.25) is 0 Å². The van der Waals surface area contributed by atoms with Gasteiger partial charge in [-0.3, -0.25) is 4.79 Å². The van der Waals surface area contributed by atoms with Crippen LogP contribution in [0.4, 0.5) is 0 Å². The van der Waals surface area contributed by atoms with Crippen molar-refractivity contribution >= 4 is 28.7 Å². The first-order chi connectivity index (χ1) is 10.3. The molecule has 1 aromatic rings. The Morgan fingerprint density at radius 1 is 0.905 bits per heavy atom. The lowest BCUT2D eigenvalue weighted by atomic mass is 10.0. The third kappa shape index (κ3) is 2.33. The quantitative estimate of drug-likeness (QED) is 0.648. The maximum absolute atomic E-state index is 11.8. The topological polar surface area (TPSA) is 17.1 Å². The van der Waals surface area contributed by atoms with Gasteiger partial charge < -0.3 is 0 Å². The summed E-state index contributed by atoms with van der Waals surface area (Å²) in [5.74, 6) is 0. The van der Waals surface area contributed by atoms with Gasteiger partial charge in [0.2, 0.25) is 0 Å². The first-order valence-electron chi connectivity index (χ1n) is 6.71. The lowest BCUT2D eigenvalue weighted by molar-refractivity contribution is 1.19. The fourth-order valence-corrected chi connectivity index (χ4v) is 4.42. The van der Waals surface area contributed by atoms with Gasteiger partial charge in [0.15, 0.2) is 5.43 Å². The Kier molecular flexibility index (Phi) is 3.17. The minimum Gasteiger partial charge on any atom is -0.289 e. The van der Waals surface area contributed by atoms with Crippen LogP contribution in [0, 0.1) is 5.41 Å². The summed E-state index contributed by atoms with van der Waals surface area (Å²) in [5.41, 5.74) is 3.45. The van der Waals surface area contributed by atoms with Crippen molar-refractivity contribution in [2.45, 2.75) is 11.3 Å². The van der Waals surface area contributed by atoms with Crippen molar-refractivity contribution in [3.63, 3.8) is 0 Å². The van der Waals surface area contributed by atoms with E-state index in [-0.39, 0.29) is 5.43 Å². The fraction of sp³-hybridized carbons (Fsp3) is 0.0556. The molecule has 0 unspecified atom stereocenters. The molecule has 3 aliphatic rings. The second-order valence-corrected chi connectivity index (χ2v) is 6.87. The molecule has 21 heavy (non-hydrogen) atoms. The van der Waals surface area contributed by atoms with Gasteiger partial charge in [-0.05, 0) is 41.5 Å². The van der Waals surface area contributed by atoms with Crippen LogP contribution >= 0.6 is 23.1 Å². The van der Waals surface area contributed by atoms with E-state index in [1.54, 1.807) is 29.2 Å². The molecule has 2 aliphatic heterocycles. The highest BCUT2D eigenvalue weighted by Gasteiger charge is 2.15. The van der Waals surface area contributed by atoms with Crippen molar-refractivity contribution in [3.8, 4) is 10.4 Å². The second-order valence-electron chi connectivity index (χ2n) is 4.93. The molecule has 1 nitrogen and oxygen atoms in total. The molecule has 1 aromatic carbocycles. The van der Waals surface area contributed by atoms with Crippen LogP contribution in [0.5, 0.6) is 0 Å². The molecular formula is C18H11OS2. The average molecular weight is 307 g/mol. The lowest BCUT2D eigenvalue weighted by Gasteiger charge is -2.16. The summed E-state index contributed by atoms with van der Waals surface area (Å²) in [4.78, 5) is 15.3. The van der Waals surface area contributed by atoms with Gasteiger partial charge in [-0.2, -0.15) is 0 Å². The highest BCUT2D eigenvalue weighted by molar-refractivity contribution is 8.01. The summed E-state index contributed by atoms with van der Waals surface area (Å²) in [6.07, 6.45) is 0.905. The van der Waals surface area contributed by atoms with Crippen LogP contribution < -0.4 is 5.43 Å². The molecule has 3 heteroatoms. The molecular weight excluding hydrogens is 296 g/mol. The fourth-order valence-electron chi connectivity index (χ4n) is 2.48. The molecule has 1 radical (unpaired) electrons. The van der Waals surface area contributed by atoms with Gasteiger partial charge in [0, 0.05) is 32.0 Å². The van der Waals surface area contributed by atoms with Crippen LogP contribution in [-0.4, -0.2) is 0 Å². The molecule has 2 heterocycles. The molecule has 0 saturated carbocycles. The number of hydrogen-bond acceptors (Lipinski definition) is 3. The van der Waals surface area contributed by atoms with Gasteiger partial charge in [-0.25, -0.2) is 0 Å². The van der Waals surface area contributed by atoms with Crippen LogP contribution in [-0.2, 0) is 6.42 Å². The summed E-state index contributed by atoms with van der Waals surface area (Å²) in [6, 6.07) is 17.9. The van der Waals surface area contributed by atoms with E-state index in [9.17, 15) is 4.79 Å². The first-order valence-corrected chi connectivity index (χ1v) is 8.34. The third-order valence-corrected chi connectivity index (χ3v) is 5.71. The Bertz CT molecular complexity index is 876. The van der Waals surface area contributed by atoms with Gasteiger partial charge in [0.05, 0.1) is 0 Å². The van der Waals surface area contributed by atoms with Crippen molar-refractivity contribution in [2.24, 2.45) is 0 Å². The van der Waals surface area contributed by atoms with Crippen molar-refractivity contribution in [1.29, 1.82) is 0 Å². The summed E-state index contributed by atoms with van der Waals surface area (Å²) in [7, 11) is 0. The van der Waals surface area contributed by atoms with E-state index >= 15 is 0 Å². The van der Waals surface area contributed by atoms with E-state index in [1.807, 2.05) is 24.3 Å². The van der Waals surface area contributed by atoms with Gasteiger partial charge >= 0.3 is 0 Å². The molecule has 0 aromatic heterocycles. The predicted molar refractivity (Wildman–Crippen MR) is 89.9 cm³/mol. The van der Waals surface area contributed by atoms with E-state index in [4.69, 9.17) is 0 Å². The molecule has 0 saturated heterocycles. The summed E-state index contributed by atoms with van der Waals surface area (Å²) in [6.45, 7) is 0. The lowest BCUT2D eigenvalue weighted by Crippen LogP contribution is -2.02. The molecule has 0 amide bonds. The highest BCUT2D eigenvalue weighted by atomic mass is 32.2. The molecule has 4 rings (SSSR count). The van der Waals surface area contributed by atoms with E-state index in [1.165, 1.54) is 20.9 Å². The van der Waals surface area contributed by atoms with E-state index in [0.29, 0.717) is 0 Å². The molecule has 101 valence electrons. The zero-order valence-corrected chi connectivity index (χ0v) is 12.8. The van der Waals surface area contributed by atoms with Gasteiger partial charge in [-0.15, -0.1) is 11.3 Å². The van der Waals surface area contributed by atoms with Crippen molar-refractivity contribution in [2.75, 3.05) is 0 Å². The van der Waals surface area contributed by atoms with Crippen LogP contribution in [0.1, 0.15) is 10.4 Å². The molecule has 0 fully saturated rings. The van der Waals surface area contributed by atoms with Crippen LogP contribution in [0.15, 0.2) is 64.3 Å². The summed E-state index contributed by atoms with van der Waals surface area (Å²) < 4.78 is 0. The minimum atomic E-state index is 0.0941. The number of hydrogen-bond donors (Lipinski definition) is 0. The molecule has 0 N–H and O–H groups in total. The normalized spacial score (nSPS) is 13.8. The van der Waals surface area contributed by atoms with Crippen molar-refractivity contribution in [1.82, 2.24) is 0 Å². The van der Waals surface area contributed by atoms with Gasteiger partial charge in [-0.1, -0.05) is 36.0 Å². The van der Waals surface area contributed by atoms with Crippen LogP contribution in [0.25, 0.3) is 16.0 Å². The SMILES string of the molecule is O=c1cccc2sc(C3=[C]Sc4ccccc4C3)ccc1-2. The molecule has 1 aliphatic carbocycles. The predicted octanol–water partition coefficient (Wildman–Crippen LogP) is 4.71. The van der Waals surface area contributed by atoms with Crippen molar-refractivity contribution in [3.05, 3.63) is 80.7 Å². The largest absolute Gasteiger partial charge is 0.289 e. The Hall–Kier alpha value is -1.84. The Balaban J connectivity index is 1.77. The Labute approximate surface area is 131 Å². The molecule has 0 spiro atoms. The smallest absolute Gasteiger partial charge is 0.187 e. The standard InChI is InChI=1S/C18H11OS2/c19-15-5-3-7-18-14(15)8-9-17(21-18)13-10-12-4-1-2-6-16(12)20-11-13/h1-9H,10H2. The van der Waals surface area contributed by atoms with E-state index in [0.717, 1.165) is 16.9 Å². The molecule has 0 bridgehead atoms. The van der Waals surface area contributed by atoms with E-state index < -0.39 is 0 Å². The molecule has 0 atom stereocenters. The second kappa shape index (κ2) is 5.17. The van der Waals surface area contributed by atoms with Crippen molar-refractivity contribution < 1.29 is 0 Å². The number of thioether (sulfide) groups is 1. The Morgan fingerprint density at radius 3 is 2.76 bits per heavy atom. The number of rotatable bonds is 1. The summed E-state index contributed by atoms with van der Waals surface area (Å²) >= 11 is 3.33. The maximum atomic E-state index is 11.8. The zero-order valence-electron chi connectivity index (χ0n) is 11.1. The van der Waals surface area contributed by atoms with Crippen LogP contribution in [0.3, 0.4) is 0 Å². The summed E-state index contributed by atoms with van der Waals surface area (Å²) in [5, 5.41) is 3.44. The van der Waals surface area contributed by atoms with Gasteiger partial charge in [0.1, 0.15) is 0 Å². The third-order valence-electron chi connectivity index (χ3n) is 3.57. The van der Waals surface area contributed by atoms with E-state index in [2.05, 4.69) is 29.7 Å². The minimum absolute atomic E-state index is 0.0941. The van der Waals surface area contributed by atoms with Gasteiger partial charge in [0.25, 0.3) is 0 Å². The number of allylic oxidation sites excluding steroid dienone is 1. The first kappa shape index (κ1) is 12.9. The highest BCUT2D eigenvalue weighted by Crippen LogP contribution is 2.38. The Morgan fingerprint density at radius 2 is 1.81 bits per heavy atom. The average Bonchev–Trinajstić information content (AvgIpc) is 2.54. The monoisotopic (exact) mass is 307 g/mol. The maximum Gasteiger partial charge on any atom is 0.187 e. The number of benzene rings is 2.